The van der Waals surface area contributed by atoms with Gasteiger partial charge >= 0.3 is 5.97 Å². The fraction of sp³-hybridized carbons (Fsp3) is 0.214. The highest BCUT2D eigenvalue weighted by Gasteiger charge is 2.37. The fourth-order valence-corrected chi connectivity index (χ4v) is 5.94. The number of ether oxygens (including phenoxy) is 1. The number of amides is 1. The van der Waals surface area contributed by atoms with Gasteiger partial charge < -0.3 is 9.64 Å². The average Bonchev–Trinajstić information content (AvgIpc) is 3.31. The first kappa shape index (κ1) is 24.9. The van der Waals surface area contributed by atoms with E-state index in [1.165, 1.54) is 4.57 Å². The molecule has 0 saturated carbocycles. The summed E-state index contributed by atoms with van der Waals surface area (Å²) in [7, 11) is 0. The van der Waals surface area contributed by atoms with Crippen LogP contribution >= 0.6 is 22.9 Å². The monoisotopic (exact) mass is 533 g/mol. The Balaban J connectivity index is 1.80. The van der Waals surface area contributed by atoms with Crippen LogP contribution < -0.4 is 19.8 Å². The maximum Gasteiger partial charge on any atom is 0.338 e. The summed E-state index contributed by atoms with van der Waals surface area (Å²) in [5, 5.41) is 0.529. The Morgan fingerprint density at radius 1 is 1.19 bits per heavy atom. The van der Waals surface area contributed by atoms with Crippen molar-refractivity contribution in [2.24, 2.45) is 4.99 Å². The van der Waals surface area contributed by atoms with Gasteiger partial charge in [-0.1, -0.05) is 59.3 Å². The lowest BCUT2D eigenvalue weighted by Crippen LogP contribution is -2.41. The smallest absolute Gasteiger partial charge is 0.338 e. The summed E-state index contributed by atoms with van der Waals surface area (Å²) in [5.74, 6) is -0.821. The number of fused-ring (bicyclic) bond motifs is 2. The third-order valence-electron chi connectivity index (χ3n) is 6.21. The summed E-state index contributed by atoms with van der Waals surface area (Å²) in [6.07, 6.45) is 1.30. The number of allylic oxidation sites excluding steroid dienone is 1. The second-order valence-electron chi connectivity index (χ2n) is 9.00. The van der Waals surface area contributed by atoms with Crippen LogP contribution in [0.25, 0.3) is 5.57 Å². The summed E-state index contributed by atoms with van der Waals surface area (Å²) in [6, 6.07) is 13.5. The zero-order valence-corrected chi connectivity index (χ0v) is 22.1. The number of para-hydroxylation sites is 1. The van der Waals surface area contributed by atoms with Crippen LogP contribution in [0, 0.1) is 0 Å². The highest BCUT2D eigenvalue weighted by Crippen LogP contribution is 2.35. The van der Waals surface area contributed by atoms with Crippen LogP contribution in [-0.2, 0) is 14.3 Å². The molecule has 188 valence electrons. The molecule has 0 saturated heterocycles. The molecule has 0 radical (unpaired) electrons. The predicted octanol–water partition coefficient (Wildman–Crippen LogP) is 3.74. The maximum absolute atomic E-state index is 14.1. The van der Waals surface area contributed by atoms with E-state index in [0.717, 1.165) is 17.0 Å². The first-order chi connectivity index (χ1) is 17.7. The summed E-state index contributed by atoms with van der Waals surface area (Å²) in [4.78, 5) is 47.5. The van der Waals surface area contributed by atoms with E-state index in [0.29, 0.717) is 38.8 Å². The molecule has 1 aromatic heterocycles. The van der Waals surface area contributed by atoms with Gasteiger partial charge in [0.05, 0.1) is 34.7 Å². The molecule has 3 heterocycles. The molecule has 0 spiro atoms. The molecule has 2 aliphatic heterocycles. The van der Waals surface area contributed by atoms with Crippen LogP contribution in [0.4, 0.5) is 5.69 Å². The van der Waals surface area contributed by atoms with E-state index in [1.54, 1.807) is 56.0 Å². The minimum Gasteiger partial charge on any atom is -0.459 e. The van der Waals surface area contributed by atoms with E-state index >= 15 is 0 Å². The van der Waals surface area contributed by atoms with E-state index in [2.05, 4.69) is 11.6 Å². The molecule has 3 aromatic rings. The molecule has 9 heteroatoms. The normalized spacial score (nSPS) is 18.0. The van der Waals surface area contributed by atoms with Crippen LogP contribution in [0.2, 0.25) is 5.02 Å². The lowest BCUT2D eigenvalue weighted by atomic mass is 9.96. The molecule has 37 heavy (non-hydrogen) atoms. The van der Waals surface area contributed by atoms with Gasteiger partial charge in [0.1, 0.15) is 4.53 Å². The highest BCUT2D eigenvalue weighted by atomic mass is 35.5. The number of thiazole rings is 1. The van der Waals surface area contributed by atoms with Crippen molar-refractivity contribution >= 4 is 46.1 Å². The van der Waals surface area contributed by atoms with Crippen LogP contribution in [0.3, 0.4) is 0 Å². The fourth-order valence-electron chi connectivity index (χ4n) is 4.68. The number of anilines is 1. The number of rotatable bonds is 5. The average molecular weight is 534 g/mol. The number of esters is 1. The second kappa shape index (κ2) is 9.61. The van der Waals surface area contributed by atoms with E-state index in [-0.39, 0.29) is 22.1 Å². The van der Waals surface area contributed by atoms with Gasteiger partial charge in [0.2, 0.25) is 0 Å². The van der Waals surface area contributed by atoms with E-state index in [4.69, 9.17) is 16.3 Å². The number of aromatic nitrogens is 1. The maximum atomic E-state index is 14.1. The van der Waals surface area contributed by atoms with Gasteiger partial charge in [-0.25, -0.2) is 9.79 Å². The molecule has 0 N–H and O–H groups in total. The van der Waals surface area contributed by atoms with Crippen molar-refractivity contribution < 1.29 is 14.3 Å². The number of hydrogen-bond acceptors (Lipinski definition) is 6. The topological polar surface area (TPSA) is 81.0 Å². The van der Waals surface area contributed by atoms with Crippen molar-refractivity contribution in [1.29, 1.82) is 0 Å². The van der Waals surface area contributed by atoms with Gasteiger partial charge in [-0.05, 0) is 44.5 Å². The first-order valence-electron chi connectivity index (χ1n) is 11.8. The van der Waals surface area contributed by atoms with Crippen LogP contribution in [0.5, 0.6) is 0 Å². The Labute approximate surface area is 222 Å². The minimum atomic E-state index is -0.787. The molecule has 1 unspecified atom stereocenters. The summed E-state index contributed by atoms with van der Waals surface area (Å²) >= 11 is 7.27. The van der Waals surface area contributed by atoms with Crippen molar-refractivity contribution in [1.82, 2.24) is 4.57 Å². The van der Waals surface area contributed by atoms with E-state index in [9.17, 15) is 14.4 Å². The molecule has 0 bridgehead atoms. The number of carbonyl (C=O) groups is 2. The molecule has 5 rings (SSSR count). The minimum absolute atomic E-state index is 0.270. The summed E-state index contributed by atoms with van der Waals surface area (Å²) in [5.41, 5.74) is 2.73. The number of carbonyl (C=O) groups excluding carboxylic acids is 2. The third kappa shape index (κ3) is 4.16. The molecule has 2 aliphatic rings. The van der Waals surface area contributed by atoms with Crippen molar-refractivity contribution in [3.8, 4) is 0 Å². The van der Waals surface area contributed by atoms with Crippen LogP contribution in [0.15, 0.2) is 82.2 Å². The van der Waals surface area contributed by atoms with Gasteiger partial charge in [-0.15, -0.1) is 6.58 Å². The molecule has 0 fully saturated rings. The molecule has 7 nitrogen and oxygen atoms in total. The Kier molecular flexibility index (Phi) is 6.47. The largest absolute Gasteiger partial charge is 0.459 e. The van der Waals surface area contributed by atoms with Crippen LogP contribution in [-0.4, -0.2) is 29.1 Å². The van der Waals surface area contributed by atoms with Gasteiger partial charge in [0, 0.05) is 17.1 Å². The molecular formula is C28H24ClN3O4S. The number of halogens is 1. The Morgan fingerprint density at radius 3 is 2.57 bits per heavy atom. The van der Waals surface area contributed by atoms with Crippen molar-refractivity contribution in [2.75, 3.05) is 11.4 Å². The molecule has 0 aliphatic carbocycles. The predicted molar refractivity (Wildman–Crippen MR) is 144 cm³/mol. The second-order valence-corrected chi connectivity index (χ2v) is 10.4. The zero-order chi connectivity index (χ0) is 26.4. The number of hydrogen-bond donors (Lipinski definition) is 0. The van der Waals surface area contributed by atoms with Gasteiger partial charge in [0.15, 0.2) is 4.80 Å². The molecular weight excluding hydrogens is 510 g/mol. The van der Waals surface area contributed by atoms with Gasteiger partial charge in [-0.2, -0.15) is 0 Å². The number of nitrogens with zero attached hydrogens (tertiary/aromatic N) is 3. The van der Waals surface area contributed by atoms with Crippen molar-refractivity contribution in [2.45, 2.75) is 32.9 Å². The summed E-state index contributed by atoms with van der Waals surface area (Å²) in [6.45, 7) is 9.33. The first-order valence-corrected chi connectivity index (χ1v) is 13.0. The standard InChI is InChI=1S/C28H24ClN3O4S/c1-5-14-31-20-9-7-6-8-19(20)22(25(31)33)24-26(34)32-23(17-10-12-18(29)13-11-17)21(27(35)36-15(2)3)16(4)30-28(32)37-24/h5-13,15,23H,1,14H2,2-4H3/b24-22+. The molecule has 1 amide bonds. The van der Waals surface area contributed by atoms with Crippen LogP contribution in [0.1, 0.15) is 37.9 Å². The number of benzene rings is 2. The lowest BCUT2D eigenvalue weighted by Gasteiger charge is -2.25. The SMILES string of the molecule is C=CCN1C(=O)/C(=c2/sc3n(c2=O)C(c2ccc(Cl)cc2)C(C(=O)OC(C)C)=C(C)N=3)c2ccccc21. The Morgan fingerprint density at radius 2 is 1.89 bits per heavy atom. The quantitative estimate of drug-likeness (QED) is 0.369. The van der Waals surface area contributed by atoms with Crippen molar-refractivity contribution in [3.63, 3.8) is 0 Å². The van der Waals surface area contributed by atoms with E-state index < -0.39 is 17.6 Å². The van der Waals surface area contributed by atoms with E-state index in [1.807, 2.05) is 24.3 Å². The lowest BCUT2D eigenvalue weighted by molar-refractivity contribution is -0.143. The Bertz CT molecular complexity index is 1660. The zero-order valence-electron chi connectivity index (χ0n) is 20.5. The Hall–Kier alpha value is -3.75. The van der Waals surface area contributed by atoms with Gasteiger partial charge in [-0.3, -0.25) is 14.2 Å². The van der Waals surface area contributed by atoms with Gasteiger partial charge in [0.25, 0.3) is 11.5 Å². The third-order valence-corrected chi connectivity index (χ3v) is 7.51. The molecule has 2 aromatic carbocycles. The molecule has 1 atom stereocenters. The van der Waals surface area contributed by atoms with Crippen molar-refractivity contribution in [3.05, 3.63) is 108 Å². The summed E-state index contributed by atoms with van der Waals surface area (Å²) < 4.78 is 7.28. The highest BCUT2D eigenvalue weighted by molar-refractivity contribution is 7.07.